The molecule has 0 spiro atoms. The summed E-state index contributed by atoms with van der Waals surface area (Å²) in [5.41, 5.74) is 1.49. The van der Waals surface area contributed by atoms with Gasteiger partial charge in [0.15, 0.2) is 0 Å². The lowest BCUT2D eigenvalue weighted by Gasteiger charge is -2.18. The molecule has 114 valence electrons. The maximum absolute atomic E-state index is 12.3. The Balaban J connectivity index is 2.85. The molecule has 20 heavy (non-hydrogen) atoms. The number of carbonyl (C=O) groups excluding carboxylic acids is 1. The van der Waals surface area contributed by atoms with Gasteiger partial charge in [0.25, 0.3) is 5.91 Å². The van der Waals surface area contributed by atoms with Crippen LogP contribution in [0.15, 0.2) is 6.07 Å². The zero-order chi connectivity index (χ0) is 15.3. The highest BCUT2D eigenvalue weighted by Gasteiger charge is 2.19. The molecule has 1 amide bonds. The van der Waals surface area contributed by atoms with Crippen molar-refractivity contribution in [3.63, 3.8) is 0 Å². The van der Waals surface area contributed by atoms with Crippen LogP contribution in [0, 0.1) is 5.92 Å². The highest BCUT2D eigenvalue weighted by atomic mass is 16.3. The van der Waals surface area contributed by atoms with Gasteiger partial charge in [-0.2, -0.15) is 5.10 Å². The fourth-order valence-electron chi connectivity index (χ4n) is 2.15. The fourth-order valence-corrected chi connectivity index (χ4v) is 2.15. The minimum atomic E-state index is -0.204. The first kappa shape index (κ1) is 16.7. The smallest absolute Gasteiger partial charge is 0.269 e. The van der Waals surface area contributed by atoms with Crippen LogP contribution in [0.3, 0.4) is 0 Å². The van der Waals surface area contributed by atoms with Gasteiger partial charge in [-0.15, -0.1) is 0 Å². The highest BCUT2D eigenvalue weighted by molar-refractivity contribution is 5.92. The Hall–Kier alpha value is -1.36. The quantitative estimate of drug-likeness (QED) is 0.805. The Kier molecular flexibility index (Phi) is 6.20. The van der Waals surface area contributed by atoms with Crippen molar-refractivity contribution in [3.8, 4) is 0 Å². The number of aromatic nitrogens is 2. The second-order valence-electron chi connectivity index (χ2n) is 5.91. The number of hydrogen-bond acceptors (Lipinski definition) is 3. The van der Waals surface area contributed by atoms with E-state index in [4.69, 9.17) is 0 Å². The van der Waals surface area contributed by atoms with Crippen LogP contribution in [-0.2, 0) is 6.54 Å². The SMILES string of the molecule is CCn1nc(C(C)C)cc1C(=O)NC(CO)CC(C)C. The van der Waals surface area contributed by atoms with E-state index in [2.05, 4.69) is 38.1 Å². The Bertz CT molecular complexity index is 438. The normalized spacial score (nSPS) is 13.0. The molecule has 2 N–H and O–H groups in total. The van der Waals surface area contributed by atoms with Gasteiger partial charge in [0.05, 0.1) is 18.3 Å². The summed E-state index contributed by atoms with van der Waals surface area (Å²) in [7, 11) is 0. The molecular weight excluding hydrogens is 254 g/mol. The van der Waals surface area contributed by atoms with Crippen molar-refractivity contribution >= 4 is 5.91 Å². The zero-order valence-corrected chi connectivity index (χ0v) is 13.2. The molecule has 0 radical (unpaired) electrons. The van der Waals surface area contributed by atoms with E-state index in [0.717, 1.165) is 12.1 Å². The molecule has 5 heteroatoms. The largest absolute Gasteiger partial charge is 0.394 e. The average Bonchev–Trinajstić information content (AvgIpc) is 2.81. The van der Waals surface area contributed by atoms with E-state index >= 15 is 0 Å². The molecule has 0 aromatic carbocycles. The number of hydrogen-bond donors (Lipinski definition) is 2. The Labute approximate surface area is 121 Å². The maximum Gasteiger partial charge on any atom is 0.269 e. The first-order valence-corrected chi connectivity index (χ1v) is 7.38. The molecule has 1 aromatic rings. The van der Waals surface area contributed by atoms with Gasteiger partial charge in [-0.25, -0.2) is 0 Å². The molecular formula is C15H27N3O2. The van der Waals surface area contributed by atoms with Gasteiger partial charge in [0.2, 0.25) is 0 Å². The Morgan fingerprint density at radius 3 is 2.50 bits per heavy atom. The molecule has 0 bridgehead atoms. The van der Waals surface area contributed by atoms with Gasteiger partial charge in [-0.05, 0) is 31.2 Å². The molecule has 1 atom stereocenters. The van der Waals surface area contributed by atoms with Crippen LogP contribution in [-0.4, -0.2) is 33.4 Å². The lowest BCUT2D eigenvalue weighted by Crippen LogP contribution is -2.39. The monoisotopic (exact) mass is 281 g/mol. The number of carbonyl (C=O) groups is 1. The second-order valence-corrected chi connectivity index (χ2v) is 5.91. The molecule has 5 nitrogen and oxygen atoms in total. The molecule has 0 aliphatic heterocycles. The van der Waals surface area contributed by atoms with Crippen molar-refractivity contribution in [2.24, 2.45) is 5.92 Å². The van der Waals surface area contributed by atoms with E-state index in [1.807, 2.05) is 13.0 Å². The van der Waals surface area contributed by atoms with Crippen LogP contribution in [0.4, 0.5) is 0 Å². The summed E-state index contributed by atoms with van der Waals surface area (Å²) in [5, 5.41) is 16.7. The molecule has 0 fully saturated rings. The molecule has 0 saturated carbocycles. The van der Waals surface area contributed by atoms with Crippen LogP contribution in [0.25, 0.3) is 0 Å². The highest BCUT2D eigenvalue weighted by Crippen LogP contribution is 2.15. The predicted molar refractivity (Wildman–Crippen MR) is 79.8 cm³/mol. The number of rotatable bonds is 7. The first-order chi connectivity index (χ1) is 9.38. The van der Waals surface area contributed by atoms with Crippen molar-refractivity contribution in [2.45, 2.75) is 59.5 Å². The molecule has 1 rings (SSSR count). The minimum absolute atomic E-state index is 0.0405. The van der Waals surface area contributed by atoms with Crippen LogP contribution in [0.2, 0.25) is 0 Å². The number of aliphatic hydroxyl groups is 1. The van der Waals surface area contributed by atoms with Crippen LogP contribution < -0.4 is 5.32 Å². The summed E-state index contributed by atoms with van der Waals surface area (Å²) in [5.74, 6) is 0.555. The van der Waals surface area contributed by atoms with E-state index in [9.17, 15) is 9.90 Å². The summed E-state index contributed by atoms with van der Waals surface area (Å²) < 4.78 is 1.72. The van der Waals surface area contributed by atoms with Crippen LogP contribution in [0.5, 0.6) is 0 Å². The number of nitrogens with one attached hydrogen (secondary N) is 1. The number of aryl methyl sites for hydroxylation is 1. The van der Waals surface area contributed by atoms with Crippen LogP contribution in [0.1, 0.15) is 63.1 Å². The molecule has 1 heterocycles. The summed E-state index contributed by atoms with van der Waals surface area (Å²) in [4.78, 5) is 12.3. The third-order valence-corrected chi connectivity index (χ3v) is 3.23. The van der Waals surface area contributed by atoms with Crippen LogP contribution >= 0.6 is 0 Å². The maximum atomic E-state index is 12.3. The lowest BCUT2D eigenvalue weighted by molar-refractivity contribution is 0.0897. The van der Waals surface area contributed by atoms with E-state index in [0.29, 0.717) is 24.1 Å². The predicted octanol–water partition coefficient (Wildman–Crippen LogP) is 2.16. The number of nitrogens with zero attached hydrogens (tertiary/aromatic N) is 2. The van der Waals surface area contributed by atoms with Gasteiger partial charge in [0.1, 0.15) is 5.69 Å². The first-order valence-electron chi connectivity index (χ1n) is 7.38. The Morgan fingerprint density at radius 1 is 1.40 bits per heavy atom. The summed E-state index contributed by atoms with van der Waals surface area (Å²) in [6.07, 6.45) is 0.763. The molecule has 0 saturated heterocycles. The van der Waals surface area contributed by atoms with Crippen molar-refractivity contribution in [1.29, 1.82) is 0 Å². The number of amides is 1. The van der Waals surface area contributed by atoms with Gasteiger partial charge in [0, 0.05) is 6.54 Å². The lowest BCUT2D eigenvalue weighted by atomic mass is 10.0. The summed E-state index contributed by atoms with van der Waals surface area (Å²) >= 11 is 0. The van der Waals surface area contributed by atoms with E-state index in [-0.39, 0.29) is 18.6 Å². The van der Waals surface area contributed by atoms with Gasteiger partial charge in [-0.1, -0.05) is 27.7 Å². The van der Waals surface area contributed by atoms with Crippen molar-refractivity contribution in [1.82, 2.24) is 15.1 Å². The third kappa shape index (κ3) is 4.34. The molecule has 0 aliphatic rings. The molecule has 1 unspecified atom stereocenters. The van der Waals surface area contributed by atoms with Crippen molar-refractivity contribution in [3.05, 3.63) is 17.5 Å². The second kappa shape index (κ2) is 7.43. The fraction of sp³-hybridized carbons (Fsp3) is 0.733. The third-order valence-electron chi connectivity index (χ3n) is 3.23. The zero-order valence-electron chi connectivity index (χ0n) is 13.2. The minimum Gasteiger partial charge on any atom is -0.394 e. The van der Waals surface area contributed by atoms with E-state index < -0.39 is 0 Å². The standard InChI is InChI=1S/C15H27N3O2/c1-6-18-14(8-13(17-18)11(4)5)15(20)16-12(9-19)7-10(2)3/h8,10-12,19H,6-7,9H2,1-5H3,(H,16,20). The molecule has 0 aliphatic carbocycles. The van der Waals surface area contributed by atoms with E-state index in [1.165, 1.54) is 0 Å². The topological polar surface area (TPSA) is 67.2 Å². The number of aliphatic hydroxyl groups excluding tert-OH is 1. The Morgan fingerprint density at radius 2 is 2.05 bits per heavy atom. The van der Waals surface area contributed by atoms with Crippen molar-refractivity contribution < 1.29 is 9.90 Å². The van der Waals surface area contributed by atoms with Gasteiger partial charge in [-0.3, -0.25) is 9.48 Å². The van der Waals surface area contributed by atoms with Gasteiger partial charge < -0.3 is 10.4 Å². The van der Waals surface area contributed by atoms with Crippen molar-refractivity contribution in [2.75, 3.05) is 6.61 Å². The average molecular weight is 281 g/mol. The summed E-state index contributed by atoms with van der Waals surface area (Å²) in [6.45, 7) is 10.8. The molecule has 1 aromatic heterocycles. The summed E-state index contributed by atoms with van der Waals surface area (Å²) in [6, 6.07) is 1.64. The van der Waals surface area contributed by atoms with Gasteiger partial charge >= 0.3 is 0 Å². The van der Waals surface area contributed by atoms with E-state index in [1.54, 1.807) is 4.68 Å².